The van der Waals surface area contributed by atoms with Crippen LogP contribution in [0.3, 0.4) is 0 Å². The summed E-state index contributed by atoms with van der Waals surface area (Å²) in [4.78, 5) is 26.9. The second-order valence-corrected chi connectivity index (χ2v) is 61.1. The summed E-state index contributed by atoms with van der Waals surface area (Å²) in [7, 11) is 0. The van der Waals surface area contributed by atoms with Crippen molar-refractivity contribution in [1.82, 2.24) is 73.1 Å². The van der Waals surface area contributed by atoms with Gasteiger partial charge >= 0.3 is 0 Å². The molecule has 17 nitrogen and oxygen atoms in total. The van der Waals surface area contributed by atoms with E-state index in [1.165, 1.54) is 64.8 Å². The number of nitrogens with one attached hydrogen (secondary N) is 1. The van der Waals surface area contributed by atoms with E-state index in [0.29, 0.717) is 0 Å². The monoisotopic (exact) mass is 1930 g/mol. The molecule has 10 heterocycles. The van der Waals surface area contributed by atoms with Gasteiger partial charge in [0.05, 0.1) is 38.5 Å². The standard InChI is InChI=1S/2C11H19NO.4C11H19NS.C10H19N3.3C10H18N2S/c2*1-10(2,3)8-7-9(13-12-8)11(4,5)6;1-10(2,3)8-7-13-9(12-8)11(4,5)6;1-10(2,3)8-7-12-9(13-8)11(4,5)6;2*1-10(2,3)8-7-9(13-12-8)11(4,5)6;1-9(2,3)7-11-8(13-12-7)10(4,5)6;1-9(2,3)7-11-12-8(13-7)10(4,5)6;2*1-9(2,3)7-11-8(13-12-7)10(4,5)6/h6*7H,1-6H3;1-6H3,(H,11,12,13);3*1-6H3. The molecule has 0 amide bonds. The molecule has 0 spiro atoms. The summed E-state index contributed by atoms with van der Waals surface area (Å²) in [5.41, 5.74) is 8.29. The van der Waals surface area contributed by atoms with Gasteiger partial charge in [-0.1, -0.05) is 426 Å². The summed E-state index contributed by atoms with van der Waals surface area (Å²) in [6.07, 6.45) is 2.02. The molecular formula is C106H187N15O2S7. The number of hydrogen-bond donors (Lipinski definition) is 1. The van der Waals surface area contributed by atoms with Crippen LogP contribution in [0.5, 0.6) is 0 Å². The minimum absolute atomic E-state index is 0.0278. The van der Waals surface area contributed by atoms with Gasteiger partial charge < -0.3 is 9.05 Å². The number of aromatic amines is 1. The Morgan fingerprint density at radius 1 is 0.231 bits per heavy atom. The molecule has 0 atom stereocenters. The van der Waals surface area contributed by atoms with Crippen LogP contribution in [0.4, 0.5) is 0 Å². The quantitative estimate of drug-likeness (QED) is 0.149. The van der Waals surface area contributed by atoms with E-state index in [4.69, 9.17) is 9.05 Å². The molecule has 0 bridgehead atoms. The van der Waals surface area contributed by atoms with Crippen LogP contribution < -0.4 is 0 Å². The summed E-state index contributed by atoms with van der Waals surface area (Å²) in [6.45, 7) is 130. The van der Waals surface area contributed by atoms with Gasteiger partial charge in [0.1, 0.15) is 49.0 Å². The maximum Gasteiger partial charge on any atom is 0.156 e. The lowest BCUT2D eigenvalue weighted by Gasteiger charge is -2.17. The molecule has 10 aromatic rings. The average molecular weight is 1930 g/mol. The number of rotatable bonds is 0. The molecule has 0 unspecified atom stereocenters. The fourth-order valence-electron chi connectivity index (χ4n) is 9.29. The van der Waals surface area contributed by atoms with Gasteiger partial charge in [-0.3, -0.25) is 5.10 Å². The van der Waals surface area contributed by atoms with Gasteiger partial charge in [0.2, 0.25) is 0 Å². The predicted octanol–water partition coefficient (Wildman–Crippen LogP) is 33.3. The number of H-pyrrole nitrogens is 1. The molecule has 10 rings (SSSR count). The smallest absolute Gasteiger partial charge is 0.156 e. The van der Waals surface area contributed by atoms with Gasteiger partial charge in [-0.2, -0.15) is 22.6 Å². The third-order valence-corrected chi connectivity index (χ3v) is 28.5. The first-order valence-corrected chi connectivity index (χ1v) is 52.0. The van der Waals surface area contributed by atoms with Crippen LogP contribution in [0.2, 0.25) is 0 Å². The highest BCUT2D eigenvalue weighted by atomic mass is 32.1. The summed E-state index contributed by atoms with van der Waals surface area (Å²) in [6, 6.07) is 8.59. The maximum atomic E-state index is 5.31. The van der Waals surface area contributed by atoms with E-state index >= 15 is 0 Å². The van der Waals surface area contributed by atoms with Gasteiger partial charge in [-0.25, -0.2) is 24.9 Å². The Labute approximate surface area is 823 Å². The van der Waals surface area contributed by atoms with Crippen LogP contribution in [0, 0.1) is 0 Å². The topological polar surface area (TPSA) is 223 Å². The molecule has 0 aliphatic carbocycles. The molecule has 130 heavy (non-hydrogen) atoms. The Balaban J connectivity index is 0.000000722. The highest BCUT2D eigenvalue weighted by Crippen LogP contribution is 2.40. The van der Waals surface area contributed by atoms with Gasteiger partial charge in [-0.05, 0) is 74.5 Å². The second-order valence-electron chi connectivity index (χ2n) is 55.1. The zero-order chi connectivity index (χ0) is 103. The Kier molecular flexibility index (Phi) is 42.0. The van der Waals surface area contributed by atoms with Gasteiger partial charge in [-0.15, -0.1) is 44.2 Å². The van der Waals surface area contributed by atoms with E-state index in [2.05, 4.69) is 518 Å². The summed E-state index contributed by atoms with van der Waals surface area (Å²) < 4.78 is 28.4. The summed E-state index contributed by atoms with van der Waals surface area (Å²) in [5.74, 6) is 5.68. The van der Waals surface area contributed by atoms with E-state index in [1.807, 2.05) is 17.5 Å². The third-order valence-electron chi connectivity index (χ3n) is 18.9. The highest BCUT2D eigenvalue weighted by Gasteiger charge is 2.34. The molecule has 0 fully saturated rings. The van der Waals surface area contributed by atoms with Crippen molar-refractivity contribution >= 4 is 80.1 Å². The number of nitrogens with zero attached hydrogens (tertiary/aromatic N) is 14. The van der Waals surface area contributed by atoms with Crippen molar-refractivity contribution in [2.45, 2.75) is 524 Å². The van der Waals surface area contributed by atoms with Crippen molar-refractivity contribution in [1.29, 1.82) is 0 Å². The zero-order valence-electron chi connectivity index (χ0n) is 93.9. The van der Waals surface area contributed by atoms with Crippen molar-refractivity contribution in [2.24, 2.45) is 0 Å². The van der Waals surface area contributed by atoms with Crippen LogP contribution in [0.15, 0.2) is 44.9 Å². The van der Waals surface area contributed by atoms with Crippen molar-refractivity contribution in [3.8, 4) is 0 Å². The number of thiazole rings is 2. The Morgan fingerprint density at radius 2 is 0.531 bits per heavy atom. The van der Waals surface area contributed by atoms with Crippen LogP contribution >= 0.6 is 80.1 Å². The molecule has 0 radical (unpaired) electrons. The van der Waals surface area contributed by atoms with Crippen molar-refractivity contribution in [3.63, 3.8) is 0 Å². The molecule has 24 heteroatoms. The SMILES string of the molecule is CC(C)(C)c1cc(C(C)(C)C)on1.CC(C)(C)c1cc(C(C)(C)C)on1.CC(C)(C)c1cc(C(C)(C)C)sn1.CC(C)(C)c1cc(C(C)(C)C)sn1.CC(C)(C)c1cnc(C(C)(C)C)s1.CC(C)(C)c1csc(C(C)(C)C)n1.CC(C)(C)c1n[nH]c(C(C)(C)C)n1.CC(C)(C)c1nnc(C(C)(C)C)s1.CC(C)(C)c1nsc(C(C)(C)C)n1.CC(C)(C)c1nsc(C(C)(C)C)n1. The first-order valence-electron chi connectivity index (χ1n) is 46.4. The molecule has 0 aromatic carbocycles. The molecule has 10 aromatic heterocycles. The van der Waals surface area contributed by atoms with Crippen molar-refractivity contribution < 1.29 is 9.05 Å². The first-order chi connectivity index (χ1) is 57.1. The van der Waals surface area contributed by atoms with Crippen LogP contribution in [-0.2, 0) is 108 Å². The Bertz CT molecular complexity index is 3630. The van der Waals surface area contributed by atoms with Crippen LogP contribution in [-0.4, -0.2) is 73.1 Å². The normalized spacial score (nSPS) is 13.4. The van der Waals surface area contributed by atoms with Crippen molar-refractivity contribution in [3.05, 3.63) is 144 Å². The van der Waals surface area contributed by atoms with Gasteiger partial charge in [0.15, 0.2) is 5.82 Å². The number of aromatic nitrogens is 15. The molecule has 0 aliphatic heterocycles. The van der Waals surface area contributed by atoms with E-state index in [0.717, 1.165) is 66.2 Å². The first kappa shape index (κ1) is 123. The molecule has 740 valence electrons. The lowest BCUT2D eigenvalue weighted by atomic mass is 9.88. The molecule has 0 saturated heterocycles. The van der Waals surface area contributed by atoms with E-state index in [1.54, 1.807) is 45.7 Å². The molecular weight excluding hydrogens is 1740 g/mol. The third kappa shape index (κ3) is 43.4. The highest BCUT2D eigenvalue weighted by molar-refractivity contribution is 7.12. The van der Waals surface area contributed by atoms with Crippen LogP contribution in [0.25, 0.3) is 0 Å². The van der Waals surface area contributed by atoms with E-state index < -0.39 is 0 Å². The minimum atomic E-state index is 0.0278. The van der Waals surface area contributed by atoms with Gasteiger partial charge in [0.25, 0.3) is 0 Å². The maximum absolute atomic E-state index is 5.31. The molecule has 0 aliphatic rings. The van der Waals surface area contributed by atoms with E-state index in [9.17, 15) is 0 Å². The lowest BCUT2D eigenvalue weighted by Crippen LogP contribution is -2.16. The molecule has 1 N–H and O–H groups in total. The van der Waals surface area contributed by atoms with Crippen LogP contribution in [0.1, 0.15) is 523 Å². The van der Waals surface area contributed by atoms with Gasteiger partial charge in [0, 0.05) is 130 Å². The molecule has 0 saturated carbocycles. The fourth-order valence-corrected chi connectivity index (χ4v) is 16.1. The fraction of sp³-hybridized carbons (Fsp3) is 0.755. The number of hydrogen-bond acceptors (Lipinski definition) is 23. The zero-order valence-corrected chi connectivity index (χ0v) is 99.6. The lowest BCUT2D eigenvalue weighted by molar-refractivity contribution is 0.319. The largest absolute Gasteiger partial charge is 0.361 e. The second kappa shape index (κ2) is 44.5. The van der Waals surface area contributed by atoms with Crippen molar-refractivity contribution in [2.75, 3.05) is 0 Å². The Hall–Kier alpha value is -5.24. The van der Waals surface area contributed by atoms with E-state index in [-0.39, 0.29) is 108 Å². The Morgan fingerprint density at radius 3 is 0.685 bits per heavy atom. The summed E-state index contributed by atoms with van der Waals surface area (Å²) >= 11 is 11.6. The minimum Gasteiger partial charge on any atom is -0.361 e. The predicted molar refractivity (Wildman–Crippen MR) is 572 cm³/mol. The average Bonchev–Trinajstić information content (AvgIpc) is 1.74. The summed E-state index contributed by atoms with van der Waals surface area (Å²) in [5, 5.41) is 33.0.